The molecule has 0 aliphatic heterocycles. The zero-order chi connectivity index (χ0) is 15.2. The average molecular weight is 305 g/mol. The second-order valence-corrected chi connectivity index (χ2v) is 6.38. The number of aryl methyl sites for hydroxylation is 1. The number of rotatable bonds is 2. The van der Waals surface area contributed by atoms with Crippen LogP contribution in [0.15, 0.2) is 23.6 Å². The van der Waals surface area contributed by atoms with Crippen LogP contribution in [0.4, 0.5) is 5.95 Å². The lowest BCUT2D eigenvalue weighted by molar-refractivity contribution is 0.592. The summed E-state index contributed by atoms with van der Waals surface area (Å²) in [6.45, 7) is 1.87. The van der Waals surface area contributed by atoms with Gasteiger partial charge in [0, 0.05) is 24.2 Å². The smallest absolute Gasteiger partial charge is 0.258 e. The highest BCUT2D eigenvalue weighted by Crippen LogP contribution is 2.20. The van der Waals surface area contributed by atoms with Crippen molar-refractivity contribution in [3.8, 4) is 11.4 Å². The molecule has 3 aromatic heterocycles. The van der Waals surface area contributed by atoms with Crippen molar-refractivity contribution in [3.05, 3.63) is 24.0 Å². The number of nitrogen functional groups attached to an aromatic ring is 1. The molecule has 3 aromatic rings. The second kappa shape index (κ2) is 4.45. The maximum absolute atomic E-state index is 11.5. The molecule has 21 heavy (non-hydrogen) atoms. The molecule has 0 bridgehead atoms. The highest BCUT2D eigenvalue weighted by atomic mass is 32.2. The Morgan fingerprint density at radius 3 is 2.67 bits per heavy atom. The fourth-order valence-corrected chi connectivity index (χ4v) is 2.30. The van der Waals surface area contributed by atoms with Gasteiger partial charge in [0.05, 0.1) is 0 Å². The number of pyridine rings is 1. The summed E-state index contributed by atoms with van der Waals surface area (Å²) in [5.74, 6) is 0.363. The van der Waals surface area contributed by atoms with Gasteiger partial charge < -0.3 is 5.73 Å². The number of hydrogen-bond acceptors (Lipinski definition) is 8. The Morgan fingerprint density at radius 2 is 2.00 bits per heavy atom. The molecule has 0 atom stereocenters. The Labute approximate surface area is 119 Å². The third-order valence-electron chi connectivity index (χ3n) is 2.81. The number of sulfone groups is 1. The maximum atomic E-state index is 11.5. The summed E-state index contributed by atoms with van der Waals surface area (Å²) in [6.07, 6.45) is 4.30. The number of nitrogens with two attached hydrogens (primary N) is 1. The minimum absolute atomic E-state index is 0.0779. The second-order valence-electron chi connectivity index (χ2n) is 4.47. The summed E-state index contributed by atoms with van der Waals surface area (Å²) in [7, 11) is -3.57. The van der Waals surface area contributed by atoms with Gasteiger partial charge in [0.25, 0.3) is 10.9 Å². The molecular weight excluding hydrogens is 294 g/mol. The van der Waals surface area contributed by atoms with Crippen molar-refractivity contribution in [2.24, 2.45) is 0 Å². The van der Waals surface area contributed by atoms with E-state index in [9.17, 15) is 8.42 Å². The van der Waals surface area contributed by atoms with Crippen molar-refractivity contribution >= 4 is 21.6 Å². The third-order valence-corrected chi connectivity index (χ3v) is 3.65. The van der Waals surface area contributed by atoms with Gasteiger partial charge in [-0.05, 0) is 18.6 Å². The average Bonchev–Trinajstić information content (AvgIpc) is 2.82. The number of hydrogen-bond donors (Lipinski definition) is 1. The summed E-state index contributed by atoms with van der Waals surface area (Å²) >= 11 is 0. The molecule has 0 saturated carbocycles. The first-order valence-corrected chi connectivity index (χ1v) is 7.77. The molecule has 0 aliphatic rings. The van der Waals surface area contributed by atoms with Gasteiger partial charge in [-0.3, -0.25) is 4.98 Å². The third kappa shape index (κ3) is 2.29. The van der Waals surface area contributed by atoms with E-state index >= 15 is 0 Å². The van der Waals surface area contributed by atoms with E-state index in [2.05, 4.69) is 25.0 Å². The van der Waals surface area contributed by atoms with Gasteiger partial charge in [-0.25, -0.2) is 8.42 Å². The first kappa shape index (κ1) is 13.4. The standard InChI is InChI=1S/C11H11N7O2S/c1-6-5-13-4-3-7(6)8-14-10-16-11(21(2,19)20)15-9(12)18(10)17-8/h3-5H,1-2H3,(H2,12,14,15,16,17). The molecule has 3 heterocycles. The maximum Gasteiger partial charge on any atom is 0.258 e. The van der Waals surface area contributed by atoms with Crippen LogP contribution < -0.4 is 5.73 Å². The molecule has 0 fully saturated rings. The Balaban J connectivity index is 2.26. The normalized spacial score (nSPS) is 11.9. The summed E-state index contributed by atoms with van der Waals surface area (Å²) < 4.78 is 24.2. The lowest BCUT2D eigenvalue weighted by Crippen LogP contribution is -2.11. The number of anilines is 1. The van der Waals surface area contributed by atoms with Crippen LogP contribution in [0.3, 0.4) is 0 Å². The topological polar surface area (TPSA) is 129 Å². The van der Waals surface area contributed by atoms with Crippen molar-refractivity contribution in [1.29, 1.82) is 0 Å². The van der Waals surface area contributed by atoms with Crippen LogP contribution >= 0.6 is 0 Å². The summed E-state index contributed by atoms with van der Waals surface area (Å²) in [5, 5.41) is 3.82. The van der Waals surface area contributed by atoms with Crippen LogP contribution in [0.25, 0.3) is 17.2 Å². The van der Waals surface area contributed by atoms with E-state index in [0.717, 1.165) is 17.4 Å². The summed E-state index contributed by atoms with van der Waals surface area (Å²) in [6, 6.07) is 1.76. The molecule has 0 spiro atoms. The Hall–Kier alpha value is -2.62. The Bertz CT molecular complexity index is 948. The Morgan fingerprint density at radius 1 is 1.24 bits per heavy atom. The van der Waals surface area contributed by atoms with Gasteiger partial charge in [0.15, 0.2) is 5.82 Å². The van der Waals surface area contributed by atoms with Gasteiger partial charge >= 0.3 is 0 Å². The molecule has 0 radical (unpaired) electrons. The first-order chi connectivity index (χ1) is 9.86. The lowest BCUT2D eigenvalue weighted by atomic mass is 10.1. The molecule has 0 saturated heterocycles. The first-order valence-electron chi connectivity index (χ1n) is 5.87. The van der Waals surface area contributed by atoms with Gasteiger partial charge in [0.2, 0.25) is 15.8 Å². The van der Waals surface area contributed by atoms with Crippen LogP contribution in [0.2, 0.25) is 0 Å². The molecular formula is C11H11N7O2S. The number of fused-ring (bicyclic) bond motifs is 1. The summed E-state index contributed by atoms with van der Waals surface area (Å²) in [5.41, 5.74) is 7.35. The molecule has 0 unspecified atom stereocenters. The zero-order valence-electron chi connectivity index (χ0n) is 11.2. The Kier molecular flexibility index (Phi) is 2.83. The SMILES string of the molecule is Cc1cnccc1-c1nc2nc(S(C)(=O)=O)nc(N)n2n1. The molecule has 10 heteroatoms. The van der Waals surface area contributed by atoms with Crippen molar-refractivity contribution in [3.63, 3.8) is 0 Å². The monoisotopic (exact) mass is 305 g/mol. The number of aromatic nitrogens is 6. The van der Waals surface area contributed by atoms with E-state index in [1.165, 1.54) is 4.52 Å². The van der Waals surface area contributed by atoms with E-state index in [4.69, 9.17) is 5.73 Å². The fourth-order valence-electron chi connectivity index (χ4n) is 1.79. The molecule has 9 nitrogen and oxygen atoms in total. The molecule has 0 aromatic carbocycles. The zero-order valence-corrected chi connectivity index (χ0v) is 12.0. The molecule has 2 N–H and O–H groups in total. The van der Waals surface area contributed by atoms with E-state index in [1.54, 1.807) is 18.5 Å². The van der Waals surface area contributed by atoms with E-state index in [0.29, 0.717) is 5.82 Å². The largest absolute Gasteiger partial charge is 0.368 e. The minimum atomic E-state index is -3.57. The molecule has 0 aliphatic carbocycles. The lowest BCUT2D eigenvalue weighted by Gasteiger charge is -1.99. The quantitative estimate of drug-likeness (QED) is 0.693. The summed E-state index contributed by atoms with van der Waals surface area (Å²) in [4.78, 5) is 15.8. The van der Waals surface area contributed by atoms with Crippen molar-refractivity contribution in [2.45, 2.75) is 12.1 Å². The fraction of sp³-hybridized carbons (Fsp3) is 0.182. The highest BCUT2D eigenvalue weighted by Gasteiger charge is 2.18. The van der Waals surface area contributed by atoms with Crippen molar-refractivity contribution in [1.82, 2.24) is 29.5 Å². The highest BCUT2D eigenvalue weighted by molar-refractivity contribution is 7.90. The molecule has 3 rings (SSSR count). The predicted molar refractivity (Wildman–Crippen MR) is 74.1 cm³/mol. The van der Waals surface area contributed by atoms with Gasteiger partial charge in [0.1, 0.15) is 0 Å². The van der Waals surface area contributed by atoms with Crippen LogP contribution in [0.5, 0.6) is 0 Å². The van der Waals surface area contributed by atoms with E-state index < -0.39 is 9.84 Å². The van der Waals surface area contributed by atoms with Crippen molar-refractivity contribution < 1.29 is 8.42 Å². The van der Waals surface area contributed by atoms with Gasteiger partial charge in [-0.15, -0.1) is 5.10 Å². The van der Waals surface area contributed by atoms with Gasteiger partial charge in [-0.2, -0.15) is 19.5 Å². The molecule has 0 amide bonds. The van der Waals surface area contributed by atoms with E-state index in [1.807, 2.05) is 6.92 Å². The predicted octanol–water partition coefficient (Wildman–Crippen LogP) is -0.125. The van der Waals surface area contributed by atoms with Gasteiger partial charge in [-0.1, -0.05) is 0 Å². The van der Waals surface area contributed by atoms with Crippen molar-refractivity contribution in [2.75, 3.05) is 12.0 Å². The molecule has 108 valence electrons. The minimum Gasteiger partial charge on any atom is -0.368 e. The van der Waals surface area contributed by atoms with Crippen LogP contribution in [-0.4, -0.2) is 44.2 Å². The van der Waals surface area contributed by atoms with E-state index in [-0.39, 0.29) is 16.9 Å². The van der Waals surface area contributed by atoms with Crippen LogP contribution in [0, 0.1) is 6.92 Å². The number of nitrogens with zero attached hydrogens (tertiary/aromatic N) is 6. The van der Waals surface area contributed by atoms with Crippen LogP contribution in [0.1, 0.15) is 5.56 Å². The van der Waals surface area contributed by atoms with Crippen LogP contribution in [-0.2, 0) is 9.84 Å².